The number of thiocarbonyl (C=S) groups is 1. The van der Waals surface area contributed by atoms with E-state index in [1.54, 1.807) is 7.11 Å². The number of benzene rings is 1. The largest absolute Gasteiger partial charge is 0.495 e. The summed E-state index contributed by atoms with van der Waals surface area (Å²) in [6, 6.07) is 6.63. The van der Waals surface area contributed by atoms with Gasteiger partial charge in [-0.15, -0.1) is 0 Å². The van der Waals surface area contributed by atoms with Crippen LogP contribution in [0.25, 0.3) is 0 Å². The van der Waals surface area contributed by atoms with Gasteiger partial charge in [-0.3, -0.25) is 0 Å². The number of rotatable bonds is 5. The summed E-state index contributed by atoms with van der Waals surface area (Å²) >= 11 is 5.71. The predicted octanol–water partition coefficient (Wildman–Crippen LogP) is 5.29. The summed E-state index contributed by atoms with van der Waals surface area (Å²) in [5, 5.41) is 7.84. The third kappa shape index (κ3) is 3.33. The van der Waals surface area contributed by atoms with Gasteiger partial charge in [-0.05, 0) is 105 Å². The van der Waals surface area contributed by atoms with E-state index in [4.69, 9.17) is 17.0 Å². The van der Waals surface area contributed by atoms with Gasteiger partial charge < -0.3 is 15.4 Å². The van der Waals surface area contributed by atoms with E-state index in [0.29, 0.717) is 11.5 Å². The summed E-state index contributed by atoms with van der Waals surface area (Å²) in [4.78, 5) is 0. The van der Waals surface area contributed by atoms with Crippen LogP contribution in [0.4, 0.5) is 5.69 Å². The molecule has 0 saturated heterocycles. The van der Waals surface area contributed by atoms with Crippen molar-refractivity contribution in [3.63, 3.8) is 0 Å². The number of methoxy groups -OCH3 is 1. The second-order valence-corrected chi connectivity index (χ2v) is 9.45. The third-order valence-electron chi connectivity index (χ3n) is 7.14. The lowest BCUT2D eigenvalue weighted by atomic mass is 9.47. The normalized spacial score (nSPS) is 33.0. The van der Waals surface area contributed by atoms with Crippen molar-refractivity contribution in [1.82, 2.24) is 5.32 Å². The van der Waals surface area contributed by atoms with E-state index in [-0.39, 0.29) is 0 Å². The molecule has 1 aromatic rings. The van der Waals surface area contributed by atoms with E-state index in [1.165, 1.54) is 44.1 Å². The first-order chi connectivity index (χ1) is 12.5. The molecule has 3 nitrogen and oxygen atoms in total. The maximum absolute atomic E-state index is 5.71. The molecule has 142 valence electrons. The van der Waals surface area contributed by atoms with Gasteiger partial charge in [0, 0.05) is 6.04 Å². The average Bonchev–Trinajstić information content (AvgIpc) is 2.58. The van der Waals surface area contributed by atoms with Crippen molar-refractivity contribution in [2.75, 3.05) is 12.4 Å². The molecule has 4 bridgehead atoms. The minimum atomic E-state index is 0.464. The first kappa shape index (κ1) is 18.1. The van der Waals surface area contributed by atoms with Crippen LogP contribution in [0.2, 0.25) is 0 Å². The Morgan fingerprint density at radius 1 is 1.19 bits per heavy atom. The van der Waals surface area contributed by atoms with Crippen LogP contribution in [0.1, 0.15) is 57.4 Å². The Morgan fingerprint density at radius 3 is 2.35 bits per heavy atom. The Balaban J connectivity index is 1.47. The Labute approximate surface area is 163 Å². The number of hydrogen-bond acceptors (Lipinski definition) is 2. The Hall–Kier alpha value is -1.29. The zero-order chi connectivity index (χ0) is 18.3. The van der Waals surface area contributed by atoms with Crippen molar-refractivity contribution in [3.05, 3.63) is 23.8 Å². The lowest BCUT2D eigenvalue weighted by molar-refractivity contribution is -0.0709. The summed E-state index contributed by atoms with van der Waals surface area (Å²) in [7, 11) is 1.70. The number of hydrogen-bond donors (Lipinski definition) is 2. The van der Waals surface area contributed by atoms with Crippen molar-refractivity contribution >= 4 is 23.0 Å². The van der Waals surface area contributed by atoms with Crippen molar-refractivity contribution in [1.29, 1.82) is 0 Å². The molecular formula is C22H32N2OS. The number of aryl methyl sites for hydroxylation is 1. The topological polar surface area (TPSA) is 33.3 Å². The van der Waals surface area contributed by atoms with Crippen molar-refractivity contribution in [3.8, 4) is 5.75 Å². The molecule has 4 aliphatic carbocycles. The standard InChI is InChI=1S/C22H32N2OS/c1-4-20(22-11-15-8-16(12-22)10-17(9-15)13-22)24-21(26)23-18-7-14(2)5-6-19(18)25-3/h5-7,15-17,20H,4,8-13H2,1-3H3,(H2,23,24,26). The number of anilines is 1. The molecule has 4 heteroatoms. The van der Waals surface area contributed by atoms with Crippen LogP contribution in [-0.4, -0.2) is 18.3 Å². The highest BCUT2D eigenvalue weighted by Crippen LogP contribution is 2.61. The molecule has 0 amide bonds. The van der Waals surface area contributed by atoms with Crippen LogP contribution in [0.15, 0.2) is 18.2 Å². The first-order valence-corrected chi connectivity index (χ1v) is 10.6. The van der Waals surface area contributed by atoms with Gasteiger partial charge in [0.2, 0.25) is 0 Å². The van der Waals surface area contributed by atoms with E-state index in [9.17, 15) is 0 Å². The molecule has 4 fully saturated rings. The highest BCUT2D eigenvalue weighted by Gasteiger charge is 2.53. The van der Waals surface area contributed by atoms with Crippen molar-refractivity contribution in [2.24, 2.45) is 23.2 Å². The molecule has 0 aromatic heterocycles. The average molecular weight is 373 g/mol. The summed E-state index contributed by atoms with van der Waals surface area (Å²) in [5.74, 6) is 3.74. The lowest BCUT2D eigenvalue weighted by Gasteiger charge is -2.59. The van der Waals surface area contributed by atoms with E-state index in [2.05, 4.69) is 36.6 Å². The second kappa shape index (κ2) is 7.03. The molecule has 1 aromatic carbocycles. The fraction of sp³-hybridized carbons (Fsp3) is 0.682. The molecule has 1 unspecified atom stereocenters. The maximum atomic E-state index is 5.71. The fourth-order valence-electron chi connectivity index (χ4n) is 6.53. The minimum absolute atomic E-state index is 0.464. The predicted molar refractivity (Wildman–Crippen MR) is 112 cm³/mol. The molecule has 4 aliphatic rings. The van der Waals surface area contributed by atoms with Gasteiger partial charge in [0.25, 0.3) is 0 Å². The summed E-state index contributed by atoms with van der Waals surface area (Å²) in [6.07, 6.45) is 9.80. The van der Waals surface area contributed by atoms with E-state index >= 15 is 0 Å². The van der Waals surface area contributed by atoms with E-state index < -0.39 is 0 Å². The van der Waals surface area contributed by atoms with E-state index in [0.717, 1.165) is 40.7 Å². The van der Waals surface area contributed by atoms with Crippen molar-refractivity contribution < 1.29 is 4.74 Å². The molecular weight excluding hydrogens is 340 g/mol. The smallest absolute Gasteiger partial charge is 0.171 e. The molecule has 0 aliphatic heterocycles. The maximum Gasteiger partial charge on any atom is 0.171 e. The molecule has 4 saturated carbocycles. The molecule has 5 rings (SSSR count). The van der Waals surface area contributed by atoms with E-state index in [1.807, 2.05) is 6.07 Å². The highest BCUT2D eigenvalue weighted by atomic mass is 32.1. The molecule has 1 atom stereocenters. The lowest BCUT2D eigenvalue weighted by Crippen LogP contribution is -2.57. The molecule has 26 heavy (non-hydrogen) atoms. The minimum Gasteiger partial charge on any atom is -0.495 e. The molecule has 0 heterocycles. The number of ether oxygens (including phenoxy) is 1. The molecule has 2 N–H and O–H groups in total. The van der Waals surface area contributed by atoms with Crippen LogP contribution in [0, 0.1) is 30.1 Å². The van der Waals surface area contributed by atoms with Gasteiger partial charge in [0.05, 0.1) is 12.8 Å². The van der Waals surface area contributed by atoms with Crippen LogP contribution < -0.4 is 15.4 Å². The molecule has 0 radical (unpaired) electrons. The van der Waals surface area contributed by atoms with Gasteiger partial charge >= 0.3 is 0 Å². The first-order valence-electron chi connectivity index (χ1n) is 10.2. The van der Waals surface area contributed by atoms with Crippen LogP contribution in [-0.2, 0) is 0 Å². The Kier molecular flexibility index (Phi) is 4.89. The zero-order valence-electron chi connectivity index (χ0n) is 16.3. The van der Waals surface area contributed by atoms with Gasteiger partial charge in [-0.2, -0.15) is 0 Å². The summed E-state index contributed by atoms with van der Waals surface area (Å²) in [6.45, 7) is 4.40. The summed E-state index contributed by atoms with van der Waals surface area (Å²) < 4.78 is 5.48. The summed E-state index contributed by atoms with van der Waals surface area (Å²) in [5.41, 5.74) is 2.61. The van der Waals surface area contributed by atoms with Gasteiger partial charge in [-0.1, -0.05) is 13.0 Å². The highest BCUT2D eigenvalue weighted by molar-refractivity contribution is 7.80. The monoisotopic (exact) mass is 372 g/mol. The zero-order valence-corrected chi connectivity index (χ0v) is 17.1. The van der Waals surface area contributed by atoms with Gasteiger partial charge in [-0.25, -0.2) is 0 Å². The SMILES string of the molecule is CCC(NC(=S)Nc1cc(C)ccc1OC)C12CC3CC(CC(C3)C1)C2. The number of nitrogens with one attached hydrogen (secondary N) is 2. The van der Waals surface area contributed by atoms with Crippen LogP contribution in [0.5, 0.6) is 5.75 Å². The van der Waals surface area contributed by atoms with Gasteiger partial charge in [0.15, 0.2) is 5.11 Å². The quantitative estimate of drug-likeness (QED) is 0.689. The third-order valence-corrected chi connectivity index (χ3v) is 7.36. The Bertz CT molecular complexity index is 651. The molecule has 0 spiro atoms. The van der Waals surface area contributed by atoms with Crippen molar-refractivity contribution in [2.45, 2.75) is 64.8 Å². The van der Waals surface area contributed by atoms with Crippen LogP contribution in [0.3, 0.4) is 0 Å². The fourth-order valence-corrected chi connectivity index (χ4v) is 6.78. The second-order valence-electron chi connectivity index (χ2n) is 9.04. The van der Waals surface area contributed by atoms with Crippen LogP contribution >= 0.6 is 12.2 Å². The Morgan fingerprint density at radius 2 is 1.81 bits per heavy atom. The van der Waals surface area contributed by atoms with Gasteiger partial charge in [0.1, 0.15) is 5.75 Å².